The van der Waals surface area contributed by atoms with Gasteiger partial charge in [-0.25, -0.2) is 13.4 Å². The average molecular weight is 538 g/mol. The number of aromatic nitrogens is 2. The Kier molecular flexibility index (Phi) is 8.48. The van der Waals surface area contributed by atoms with E-state index in [1.807, 2.05) is 19.9 Å². The summed E-state index contributed by atoms with van der Waals surface area (Å²) in [6, 6.07) is 11.6. The van der Waals surface area contributed by atoms with Crippen LogP contribution in [0.4, 0.5) is 0 Å². The fraction of sp³-hybridized carbons (Fsp3) is 0.370. The number of hydrogen-bond acceptors (Lipinski definition) is 7. The Morgan fingerprint density at radius 1 is 1.08 bits per heavy atom. The number of carbonyl (C=O) groups is 3. The molecule has 2 atom stereocenters. The van der Waals surface area contributed by atoms with Crippen molar-refractivity contribution in [2.45, 2.75) is 50.2 Å². The van der Waals surface area contributed by atoms with Crippen LogP contribution in [0.1, 0.15) is 43.5 Å². The number of benzene rings is 1. The van der Waals surface area contributed by atoms with Gasteiger partial charge in [-0.1, -0.05) is 26.0 Å². The molecule has 200 valence electrons. The summed E-state index contributed by atoms with van der Waals surface area (Å²) in [5, 5.41) is 6.25. The topological polar surface area (TPSA) is 138 Å². The summed E-state index contributed by atoms with van der Waals surface area (Å²) < 4.78 is 27.0. The summed E-state index contributed by atoms with van der Waals surface area (Å²) in [6.45, 7) is 3.65. The molecule has 0 spiro atoms. The molecule has 1 aromatic carbocycles. The molecule has 1 saturated heterocycles. The number of nitrogens with zero attached hydrogens (tertiary/aromatic N) is 3. The van der Waals surface area contributed by atoms with Crippen LogP contribution in [-0.2, 0) is 19.6 Å². The first-order valence-corrected chi connectivity index (χ1v) is 14.0. The van der Waals surface area contributed by atoms with Crippen LogP contribution in [0, 0.1) is 5.92 Å². The second-order valence-corrected chi connectivity index (χ2v) is 11.6. The summed E-state index contributed by atoms with van der Waals surface area (Å²) in [6.07, 6.45) is 4.10. The van der Waals surface area contributed by atoms with E-state index >= 15 is 0 Å². The van der Waals surface area contributed by atoms with Crippen LogP contribution < -0.4 is 10.6 Å². The maximum atomic E-state index is 13.3. The van der Waals surface area contributed by atoms with E-state index < -0.39 is 39.7 Å². The number of carbonyl (C=O) groups excluding carboxylic acids is 3. The lowest BCUT2D eigenvalue weighted by atomic mass is 10.0. The van der Waals surface area contributed by atoms with Crippen molar-refractivity contribution in [3.05, 3.63) is 66.5 Å². The maximum absolute atomic E-state index is 13.3. The largest absolute Gasteiger partial charge is 0.344 e. The lowest BCUT2D eigenvalue weighted by Gasteiger charge is -2.23. The molecule has 0 saturated carbocycles. The Labute approximate surface area is 221 Å². The molecule has 0 aliphatic carbocycles. The van der Waals surface area contributed by atoms with Crippen molar-refractivity contribution in [1.82, 2.24) is 24.9 Å². The fourth-order valence-electron chi connectivity index (χ4n) is 4.42. The second kappa shape index (κ2) is 11.8. The van der Waals surface area contributed by atoms with Gasteiger partial charge in [0, 0.05) is 29.9 Å². The molecule has 0 bridgehead atoms. The summed E-state index contributed by atoms with van der Waals surface area (Å²) >= 11 is 0. The van der Waals surface area contributed by atoms with Gasteiger partial charge in [0.25, 0.3) is 15.9 Å². The average Bonchev–Trinajstić information content (AvgIpc) is 3.09. The minimum absolute atomic E-state index is 0.0932. The highest BCUT2D eigenvalue weighted by molar-refractivity contribution is 7.89. The molecule has 4 rings (SSSR count). The Hall–Kier alpha value is -3.70. The zero-order valence-corrected chi connectivity index (χ0v) is 22.1. The summed E-state index contributed by atoms with van der Waals surface area (Å²) in [7, 11) is -3.94. The van der Waals surface area contributed by atoms with E-state index in [4.69, 9.17) is 0 Å². The molecular weight excluding hydrogens is 506 g/mol. The van der Waals surface area contributed by atoms with E-state index in [0.717, 1.165) is 15.2 Å². The molecule has 11 heteroatoms. The maximum Gasteiger partial charge on any atom is 0.260 e. The fourth-order valence-corrected chi connectivity index (χ4v) is 5.80. The molecule has 2 amide bonds. The predicted octanol–water partition coefficient (Wildman–Crippen LogP) is 2.31. The predicted molar refractivity (Wildman–Crippen MR) is 142 cm³/mol. The van der Waals surface area contributed by atoms with Gasteiger partial charge in [-0.2, -0.15) is 4.31 Å². The van der Waals surface area contributed by atoms with Crippen molar-refractivity contribution in [3.63, 3.8) is 0 Å². The zero-order chi connectivity index (χ0) is 27.3. The quantitative estimate of drug-likeness (QED) is 0.450. The van der Waals surface area contributed by atoms with Gasteiger partial charge < -0.3 is 10.6 Å². The van der Waals surface area contributed by atoms with Gasteiger partial charge in [0.2, 0.25) is 5.91 Å². The number of sulfonamides is 1. The minimum Gasteiger partial charge on any atom is -0.344 e. The van der Waals surface area contributed by atoms with E-state index in [9.17, 15) is 22.8 Å². The number of amides is 2. The highest BCUT2D eigenvalue weighted by Gasteiger charge is 2.34. The molecule has 3 aromatic rings. The number of nitrogens with one attached hydrogen (secondary N) is 2. The van der Waals surface area contributed by atoms with Crippen molar-refractivity contribution in [1.29, 1.82) is 0 Å². The van der Waals surface area contributed by atoms with Crippen LogP contribution in [0.25, 0.3) is 10.9 Å². The van der Waals surface area contributed by atoms with Gasteiger partial charge in [0.15, 0.2) is 10.8 Å². The molecule has 2 aromatic heterocycles. The van der Waals surface area contributed by atoms with Gasteiger partial charge >= 0.3 is 0 Å². The number of Topliss-reactive ketones (excluding diaryl/α,β-unsaturated/α-hetero) is 1. The first kappa shape index (κ1) is 27.3. The Morgan fingerprint density at radius 2 is 1.87 bits per heavy atom. The minimum atomic E-state index is -3.94. The number of hydrogen-bond donors (Lipinski definition) is 2. The summed E-state index contributed by atoms with van der Waals surface area (Å²) in [4.78, 5) is 47.5. The van der Waals surface area contributed by atoms with E-state index in [-0.39, 0.29) is 24.0 Å². The first-order chi connectivity index (χ1) is 18.1. The van der Waals surface area contributed by atoms with Crippen LogP contribution in [0.2, 0.25) is 0 Å². The van der Waals surface area contributed by atoms with Crippen molar-refractivity contribution in [3.8, 4) is 0 Å². The third kappa shape index (κ3) is 6.40. The molecular formula is C27H31N5O5S. The highest BCUT2D eigenvalue weighted by atomic mass is 32.2. The van der Waals surface area contributed by atoms with E-state index in [0.29, 0.717) is 24.8 Å². The van der Waals surface area contributed by atoms with Crippen LogP contribution in [-0.4, -0.2) is 65.5 Å². The third-order valence-corrected chi connectivity index (χ3v) is 8.14. The van der Waals surface area contributed by atoms with Crippen LogP contribution in [0.5, 0.6) is 0 Å². The monoisotopic (exact) mass is 537 g/mol. The van der Waals surface area contributed by atoms with Crippen molar-refractivity contribution >= 4 is 38.5 Å². The van der Waals surface area contributed by atoms with E-state index in [2.05, 4.69) is 20.6 Å². The molecule has 0 radical (unpaired) electrons. The van der Waals surface area contributed by atoms with Crippen molar-refractivity contribution in [2.24, 2.45) is 5.92 Å². The van der Waals surface area contributed by atoms with Crippen LogP contribution >= 0.6 is 0 Å². The van der Waals surface area contributed by atoms with E-state index in [1.54, 1.807) is 42.6 Å². The van der Waals surface area contributed by atoms with E-state index in [1.165, 1.54) is 12.3 Å². The number of ketones is 1. The molecule has 1 aliphatic rings. The second-order valence-electron chi connectivity index (χ2n) is 9.74. The van der Waals surface area contributed by atoms with Gasteiger partial charge in [0.1, 0.15) is 6.04 Å². The molecule has 38 heavy (non-hydrogen) atoms. The first-order valence-electron chi connectivity index (χ1n) is 12.5. The lowest BCUT2D eigenvalue weighted by Crippen LogP contribution is -2.52. The van der Waals surface area contributed by atoms with Gasteiger partial charge in [0.05, 0.1) is 18.1 Å². The molecule has 1 fully saturated rings. The Morgan fingerprint density at radius 3 is 2.61 bits per heavy atom. The van der Waals surface area contributed by atoms with Crippen LogP contribution in [0.15, 0.2) is 66.0 Å². The summed E-state index contributed by atoms with van der Waals surface area (Å²) in [5.41, 5.74) is 1.15. The number of rotatable bonds is 8. The third-order valence-electron chi connectivity index (χ3n) is 6.37. The van der Waals surface area contributed by atoms with Gasteiger partial charge in [-0.3, -0.25) is 19.4 Å². The van der Waals surface area contributed by atoms with Crippen molar-refractivity contribution in [2.75, 3.05) is 13.1 Å². The Balaban J connectivity index is 1.44. The van der Waals surface area contributed by atoms with Crippen LogP contribution in [0.3, 0.4) is 0 Å². The number of pyridine rings is 2. The van der Waals surface area contributed by atoms with Gasteiger partial charge in [-0.15, -0.1) is 0 Å². The van der Waals surface area contributed by atoms with Gasteiger partial charge in [-0.05, 0) is 61.6 Å². The zero-order valence-electron chi connectivity index (χ0n) is 21.3. The smallest absolute Gasteiger partial charge is 0.260 e. The molecule has 10 nitrogen and oxygen atoms in total. The standard InChI is InChI=1S/C27H31N5O5S/c1-18(2)15-23(31-26(34)20-10-11-21-19(16-20)7-5-13-28-21)27(35)30-22-8-6-14-32(17-24(22)33)38(36,37)25-9-3-4-12-29-25/h3-5,7,9-13,16,18,22-23H,6,8,14-15,17H2,1-2H3,(H,30,35)(H,31,34)/t22-,23?/m0/s1. The molecule has 3 heterocycles. The number of fused-ring (bicyclic) bond motifs is 1. The normalized spacial score (nSPS) is 17.7. The lowest BCUT2D eigenvalue weighted by molar-refractivity contribution is -0.129. The highest BCUT2D eigenvalue weighted by Crippen LogP contribution is 2.19. The summed E-state index contributed by atoms with van der Waals surface area (Å²) in [5.74, 6) is -1.20. The van der Waals surface area contributed by atoms with Crippen molar-refractivity contribution < 1.29 is 22.8 Å². The SMILES string of the molecule is CC(C)CC(NC(=O)c1ccc2ncccc2c1)C(=O)N[C@H]1CCCN(S(=O)(=O)c2ccccn2)CC1=O. The molecule has 2 N–H and O–H groups in total. The molecule has 1 aliphatic heterocycles. The molecule has 1 unspecified atom stereocenters. The Bertz CT molecular complexity index is 1430.